The molecular weight excluding hydrogens is 386 g/mol. The van der Waals surface area contributed by atoms with Crippen molar-refractivity contribution in [2.24, 2.45) is 0 Å². The van der Waals surface area contributed by atoms with Gasteiger partial charge in [0.25, 0.3) is 5.91 Å². The van der Waals surface area contributed by atoms with Crippen LogP contribution in [0.2, 0.25) is 0 Å². The Balaban J connectivity index is 1.65. The van der Waals surface area contributed by atoms with Crippen LogP contribution < -0.4 is 9.88 Å². The monoisotopic (exact) mass is 416 g/mol. The smallest absolute Gasteiger partial charge is 0.290 e. The summed E-state index contributed by atoms with van der Waals surface area (Å²) in [7, 11) is -3.50. The number of sulfonamides is 1. The number of rotatable bonds is 8. The SMILES string of the molecule is CCC(CC)c1cc[n+](CC(=O)Nc2cccc(S(=O)(=O)N3CCCC3)c2)cc1. The van der Waals surface area contributed by atoms with Crippen LogP contribution in [0.15, 0.2) is 53.7 Å². The molecule has 156 valence electrons. The maximum Gasteiger partial charge on any atom is 0.290 e. The van der Waals surface area contributed by atoms with E-state index in [1.165, 1.54) is 15.9 Å². The zero-order valence-electron chi connectivity index (χ0n) is 17.2. The van der Waals surface area contributed by atoms with Crippen molar-refractivity contribution < 1.29 is 17.8 Å². The Labute approximate surface area is 173 Å². The minimum Gasteiger partial charge on any atom is -0.321 e. The molecule has 29 heavy (non-hydrogen) atoms. The average Bonchev–Trinajstić information content (AvgIpc) is 3.26. The Morgan fingerprint density at radius 1 is 1.10 bits per heavy atom. The van der Waals surface area contributed by atoms with Gasteiger partial charge in [-0.1, -0.05) is 19.9 Å². The number of hydrogen-bond acceptors (Lipinski definition) is 3. The number of carbonyl (C=O) groups excluding carboxylic acids is 1. The fraction of sp³-hybridized carbons (Fsp3) is 0.455. The van der Waals surface area contributed by atoms with E-state index < -0.39 is 10.0 Å². The van der Waals surface area contributed by atoms with E-state index in [-0.39, 0.29) is 17.3 Å². The lowest BCUT2D eigenvalue weighted by Crippen LogP contribution is -2.39. The van der Waals surface area contributed by atoms with Gasteiger partial charge in [0.05, 0.1) is 4.90 Å². The number of amides is 1. The maximum atomic E-state index is 12.7. The van der Waals surface area contributed by atoms with Crippen molar-refractivity contribution >= 4 is 21.6 Å². The molecule has 7 heteroatoms. The summed E-state index contributed by atoms with van der Waals surface area (Å²) >= 11 is 0. The summed E-state index contributed by atoms with van der Waals surface area (Å²) in [6.45, 7) is 5.65. The van der Waals surface area contributed by atoms with Crippen LogP contribution in [-0.2, 0) is 21.4 Å². The number of nitrogens with one attached hydrogen (secondary N) is 1. The summed E-state index contributed by atoms with van der Waals surface area (Å²) in [6.07, 6.45) is 7.81. The summed E-state index contributed by atoms with van der Waals surface area (Å²) in [5.74, 6) is 0.347. The average molecular weight is 417 g/mol. The van der Waals surface area contributed by atoms with Crippen molar-refractivity contribution in [1.29, 1.82) is 0 Å². The van der Waals surface area contributed by atoms with Gasteiger partial charge in [0.15, 0.2) is 12.4 Å². The van der Waals surface area contributed by atoms with Gasteiger partial charge >= 0.3 is 0 Å². The predicted molar refractivity (Wildman–Crippen MR) is 113 cm³/mol. The van der Waals surface area contributed by atoms with E-state index in [0.717, 1.165) is 25.7 Å². The molecule has 1 N–H and O–H groups in total. The quantitative estimate of drug-likeness (QED) is 0.671. The molecule has 2 heterocycles. The third-order valence-corrected chi connectivity index (χ3v) is 7.42. The standard InChI is InChI=1S/C22H29N3O3S/c1-3-18(4-2)19-10-14-24(15-11-19)17-22(26)23-20-8-7-9-21(16-20)29(27,28)25-12-5-6-13-25/h7-11,14-16,18H,3-6,12-13,17H2,1-2H3/p+1. The first-order chi connectivity index (χ1) is 13.9. The molecule has 3 rings (SSSR count). The molecule has 0 saturated carbocycles. The van der Waals surface area contributed by atoms with Crippen LogP contribution in [0.5, 0.6) is 0 Å². The highest BCUT2D eigenvalue weighted by molar-refractivity contribution is 7.89. The molecule has 1 aromatic carbocycles. The first-order valence-corrected chi connectivity index (χ1v) is 11.8. The normalized spacial score (nSPS) is 15.0. The van der Waals surface area contributed by atoms with Crippen molar-refractivity contribution in [1.82, 2.24) is 4.31 Å². The summed E-state index contributed by atoms with van der Waals surface area (Å²) in [5.41, 5.74) is 1.77. The van der Waals surface area contributed by atoms with E-state index in [0.29, 0.717) is 24.7 Å². The second-order valence-corrected chi connectivity index (χ2v) is 9.44. The Morgan fingerprint density at radius 3 is 2.38 bits per heavy atom. The molecule has 1 aromatic heterocycles. The van der Waals surface area contributed by atoms with E-state index in [4.69, 9.17) is 0 Å². The third-order valence-electron chi connectivity index (χ3n) is 5.52. The molecule has 1 amide bonds. The number of aromatic nitrogens is 1. The molecule has 0 bridgehead atoms. The highest BCUT2D eigenvalue weighted by Gasteiger charge is 2.27. The van der Waals surface area contributed by atoms with Crippen LogP contribution >= 0.6 is 0 Å². The van der Waals surface area contributed by atoms with Gasteiger partial charge in [0.2, 0.25) is 16.6 Å². The molecular formula is C22H30N3O3S+. The fourth-order valence-corrected chi connectivity index (χ4v) is 5.35. The van der Waals surface area contributed by atoms with Crippen LogP contribution in [0.4, 0.5) is 5.69 Å². The second kappa shape index (κ2) is 9.50. The van der Waals surface area contributed by atoms with Gasteiger partial charge in [-0.25, -0.2) is 8.42 Å². The molecule has 1 aliphatic heterocycles. The van der Waals surface area contributed by atoms with E-state index in [1.54, 1.807) is 18.2 Å². The first-order valence-electron chi connectivity index (χ1n) is 10.3. The van der Waals surface area contributed by atoms with E-state index >= 15 is 0 Å². The third kappa shape index (κ3) is 5.22. The van der Waals surface area contributed by atoms with Gasteiger partial charge in [-0.3, -0.25) is 4.79 Å². The Kier molecular flexibility index (Phi) is 7.03. The van der Waals surface area contributed by atoms with Crippen molar-refractivity contribution in [3.8, 4) is 0 Å². The lowest BCUT2D eigenvalue weighted by atomic mass is 9.95. The molecule has 0 unspecified atom stereocenters. The number of carbonyl (C=O) groups is 1. The number of nitrogens with zero attached hydrogens (tertiary/aromatic N) is 2. The summed E-state index contributed by atoms with van der Waals surface area (Å²) < 4.78 is 28.7. The van der Waals surface area contributed by atoms with E-state index in [9.17, 15) is 13.2 Å². The van der Waals surface area contributed by atoms with Crippen LogP contribution in [0.3, 0.4) is 0 Å². The van der Waals surface area contributed by atoms with Crippen molar-refractivity contribution in [2.75, 3.05) is 18.4 Å². The van der Waals surface area contributed by atoms with Crippen molar-refractivity contribution in [3.63, 3.8) is 0 Å². The molecule has 1 fully saturated rings. The topological polar surface area (TPSA) is 70.4 Å². The molecule has 1 aliphatic rings. The molecule has 1 saturated heterocycles. The lowest BCUT2D eigenvalue weighted by molar-refractivity contribution is -0.684. The lowest BCUT2D eigenvalue weighted by Gasteiger charge is -2.16. The van der Waals surface area contributed by atoms with Gasteiger partial charge in [-0.05, 0) is 55.4 Å². The number of hydrogen-bond donors (Lipinski definition) is 1. The molecule has 6 nitrogen and oxygen atoms in total. The Bertz CT molecular complexity index is 932. The highest BCUT2D eigenvalue weighted by atomic mass is 32.2. The Morgan fingerprint density at radius 2 is 1.76 bits per heavy atom. The van der Waals surface area contributed by atoms with Crippen LogP contribution in [-0.4, -0.2) is 31.7 Å². The molecule has 2 aromatic rings. The van der Waals surface area contributed by atoms with Gasteiger partial charge in [0, 0.05) is 30.9 Å². The van der Waals surface area contributed by atoms with Crippen LogP contribution in [0.25, 0.3) is 0 Å². The fourth-order valence-electron chi connectivity index (χ4n) is 3.78. The van der Waals surface area contributed by atoms with Crippen molar-refractivity contribution in [2.45, 2.75) is 56.9 Å². The minimum atomic E-state index is -3.50. The summed E-state index contributed by atoms with van der Waals surface area (Å²) in [4.78, 5) is 12.7. The molecule has 0 atom stereocenters. The van der Waals surface area contributed by atoms with Gasteiger partial charge in [-0.2, -0.15) is 8.87 Å². The Hall–Kier alpha value is -2.25. The number of anilines is 1. The maximum absolute atomic E-state index is 12.7. The first kappa shape index (κ1) is 21.5. The molecule has 0 aliphatic carbocycles. The zero-order valence-corrected chi connectivity index (χ0v) is 18.0. The van der Waals surface area contributed by atoms with Gasteiger partial charge < -0.3 is 5.32 Å². The van der Waals surface area contributed by atoms with E-state index in [2.05, 4.69) is 31.3 Å². The zero-order chi connectivity index (χ0) is 20.9. The summed E-state index contributed by atoms with van der Waals surface area (Å²) in [6, 6.07) is 10.6. The number of pyridine rings is 1. The van der Waals surface area contributed by atoms with Crippen molar-refractivity contribution in [3.05, 3.63) is 54.4 Å². The second-order valence-electron chi connectivity index (χ2n) is 7.50. The molecule has 0 radical (unpaired) electrons. The van der Waals surface area contributed by atoms with Crippen LogP contribution in [0.1, 0.15) is 51.0 Å². The number of benzene rings is 1. The minimum absolute atomic E-state index is 0.173. The summed E-state index contributed by atoms with van der Waals surface area (Å²) in [5, 5.41) is 2.81. The van der Waals surface area contributed by atoms with Gasteiger partial charge in [-0.15, -0.1) is 0 Å². The molecule has 0 spiro atoms. The van der Waals surface area contributed by atoms with Gasteiger partial charge in [0.1, 0.15) is 0 Å². The van der Waals surface area contributed by atoms with Crippen LogP contribution in [0, 0.1) is 0 Å². The largest absolute Gasteiger partial charge is 0.321 e. The highest BCUT2D eigenvalue weighted by Crippen LogP contribution is 2.23. The van der Waals surface area contributed by atoms with E-state index in [1.807, 2.05) is 17.0 Å². The predicted octanol–water partition coefficient (Wildman–Crippen LogP) is 3.30.